The van der Waals surface area contributed by atoms with Gasteiger partial charge < -0.3 is 10.1 Å². The van der Waals surface area contributed by atoms with E-state index in [4.69, 9.17) is 4.74 Å². The van der Waals surface area contributed by atoms with Gasteiger partial charge in [-0.15, -0.1) is 0 Å². The monoisotopic (exact) mass is 271 g/mol. The third-order valence-corrected chi connectivity index (χ3v) is 3.49. The zero-order valence-electron chi connectivity index (χ0n) is 13.5. The molecule has 116 valence electrons. The lowest BCUT2D eigenvalue weighted by atomic mass is 10.2. The van der Waals surface area contributed by atoms with Crippen LogP contribution in [0, 0.1) is 0 Å². The smallest absolute Gasteiger partial charge is 0.0466 e. The Kier molecular flexibility index (Phi) is 17.8. The minimum absolute atomic E-state index is 0.961. The molecule has 0 saturated carbocycles. The van der Waals surface area contributed by atoms with Crippen LogP contribution in [0.15, 0.2) is 0 Å². The molecule has 0 amide bonds. The average molecular weight is 271 g/mol. The van der Waals surface area contributed by atoms with Crippen LogP contribution in [0.4, 0.5) is 0 Å². The fourth-order valence-corrected chi connectivity index (χ4v) is 2.17. The number of hydrogen-bond donors (Lipinski definition) is 1. The molecule has 0 aromatic rings. The van der Waals surface area contributed by atoms with Crippen LogP contribution in [0.3, 0.4) is 0 Å². The van der Waals surface area contributed by atoms with E-state index in [1.54, 1.807) is 0 Å². The summed E-state index contributed by atoms with van der Waals surface area (Å²) in [5.41, 5.74) is 0. The second kappa shape index (κ2) is 17.9. The van der Waals surface area contributed by atoms with E-state index in [0.29, 0.717) is 0 Å². The van der Waals surface area contributed by atoms with Gasteiger partial charge in [0.25, 0.3) is 0 Å². The Labute approximate surface area is 121 Å². The predicted molar refractivity (Wildman–Crippen MR) is 85.8 cm³/mol. The largest absolute Gasteiger partial charge is 0.381 e. The van der Waals surface area contributed by atoms with Crippen molar-refractivity contribution in [3.8, 4) is 0 Å². The molecule has 0 aliphatic carbocycles. The maximum Gasteiger partial charge on any atom is 0.0466 e. The van der Waals surface area contributed by atoms with E-state index in [0.717, 1.165) is 13.2 Å². The molecule has 0 aliphatic rings. The zero-order chi connectivity index (χ0) is 14.0. The summed E-state index contributed by atoms with van der Waals surface area (Å²) < 4.78 is 5.63. The van der Waals surface area contributed by atoms with Gasteiger partial charge in [0.1, 0.15) is 0 Å². The van der Waals surface area contributed by atoms with Crippen molar-refractivity contribution in [3.05, 3.63) is 0 Å². The summed E-state index contributed by atoms with van der Waals surface area (Å²) in [6.07, 6.45) is 14.5. The Morgan fingerprint density at radius 2 is 1.05 bits per heavy atom. The maximum atomic E-state index is 5.63. The highest BCUT2D eigenvalue weighted by molar-refractivity contribution is 4.50. The molecule has 0 spiro atoms. The molecule has 0 aliphatic heterocycles. The molecular formula is C17H37NO. The molecule has 0 atom stereocenters. The Morgan fingerprint density at radius 3 is 1.58 bits per heavy atom. The van der Waals surface area contributed by atoms with Crippen molar-refractivity contribution < 1.29 is 4.74 Å². The molecule has 0 fully saturated rings. The van der Waals surface area contributed by atoms with E-state index >= 15 is 0 Å². The van der Waals surface area contributed by atoms with E-state index < -0.39 is 0 Å². The first kappa shape index (κ1) is 18.9. The standard InChI is InChI=1S/C17H37NO/c1-3-5-7-10-14-18-15-11-9-13-17-19-16-12-8-6-4-2/h18H,3-17H2,1-2H3. The molecule has 0 heterocycles. The van der Waals surface area contributed by atoms with Gasteiger partial charge >= 0.3 is 0 Å². The second-order valence-electron chi connectivity index (χ2n) is 5.54. The zero-order valence-corrected chi connectivity index (χ0v) is 13.5. The summed E-state index contributed by atoms with van der Waals surface area (Å²) in [5.74, 6) is 0. The maximum absolute atomic E-state index is 5.63. The summed E-state index contributed by atoms with van der Waals surface area (Å²) in [6, 6.07) is 0. The molecule has 0 bridgehead atoms. The Morgan fingerprint density at radius 1 is 0.579 bits per heavy atom. The van der Waals surface area contributed by atoms with E-state index in [9.17, 15) is 0 Å². The second-order valence-corrected chi connectivity index (χ2v) is 5.54. The predicted octanol–water partition coefficient (Wildman–Crippen LogP) is 4.92. The van der Waals surface area contributed by atoms with Gasteiger partial charge in [-0.3, -0.25) is 0 Å². The minimum atomic E-state index is 0.961. The van der Waals surface area contributed by atoms with Crippen LogP contribution in [0.2, 0.25) is 0 Å². The number of ether oxygens (including phenoxy) is 1. The van der Waals surface area contributed by atoms with E-state index in [1.165, 1.54) is 83.7 Å². The van der Waals surface area contributed by atoms with Crippen LogP contribution in [-0.2, 0) is 4.74 Å². The van der Waals surface area contributed by atoms with E-state index in [-0.39, 0.29) is 0 Å². The summed E-state index contributed by atoms with van der Waals surface area (Å²) >= 11 is 0. The van der Waals surface area contributed by atoms with Gasteiger partial charge in [0.15, 0.2) is 0 Å². The molecule has 0 aromatic heterocycles. The first-order valence-electron chi connectivity index (χ1n) is 8.70. The topological polar surface area (TPSA) is 21.3 Å². The third kappa shape index (κ3) is 17.9. The van der Waals surface area contributed by atoms with Gasteiger partial charge in [0.05, 0.1) is 0 Å². The molecule has 0 saturated heterocycles. The number of nitrogens with one attached hydrogen (secondary N) is 1. The van der Waals surface area contributed by atoms with Crippen LogP contribution in [0.25, 0.3) is 0 Å². The number of hydrogen-bond acceptors (Lipinski definition) is 2. The first-order chi connectivity index (χ1) is 9.41. The minimum Gasteiger partial charge on any atom is -0.381 e. The SMILES string of the molecule is CCCCCCNCCCCCOCCCCCC. The molecule has 1 N–H and O–H groups in total. The first-order valence-corrected chi connectivity index (χ1v) is 8.70. The summed E-state index contributed by atoms with van der Waals surface area (Å²) in [7, 11) is 0. The van der Waals surface area contributed by atoms with E-state index in [1.807, 2.05) is 0 Å². The van der Waals surface area contributed by atoms with Crippen molar-refractivity contribution in [1.29, 1.82) is 0 Å². The quantitative estimate of drug-likeness (QED) is 0.402. The van der Waals surface area contributed by atoms with E-state index in [2.05, 4.69) is 19.2 Å². The van der Waals surface area contributed by atoms with Crippen molar-refractivity contribution in [2.75, 3.05) is 26.3 Å². The van der Waals surface area contributed by atoms with Gasteiger partial charge in [-0.05, 0) is 45.2 Å². The van der Waals surface area contributed by atoms with Gasteiger partial charge in [-0.1, -0.05) is 52.4 Å². The molecule has 19 heavy (non-hydrogen) atoms. The number of unbranched alkanes of at least 4 members (excludes halogenated alkanes) is 8. The molecule has 0 unspecified atom stereocenters. The Bertz CT molecular complexity index is 134. The van der Waals surface area contributed by atoms with Crippen LogP contribution < -0.4 is 5.32 Å². The van der Waals surface area contributed by atoms with Gasteiger partial charge in [-0.2, -0.15) is 0 Å². The van der Waals surface area contributed by atoms with Crippen LogP contribution in [-0.4, -0.2) is 26.3 Å². The highest BCUT2D eigenvalue weighted by Crippen LogP contribution is 2.01. The molecule has 2 heteroatoms. The summed E-state index contributed by atoms with van der Waals surface area (Å²) in [4.78, 5) is 0. The highest BCUT2D eigenvalue weighted by atomic mass is 16.5. The molecular weight excluding hydrogens is 234 g/mol. The average Bonchev–Trinajstić information content (AvgIpc) is 2.43. The Balaban J connectivity index is 2.88. The molecule has 0 radical (unpaired) electrons. The molecule has 2 nitrogen and oxygen atoms in total. The summed E-state index contributed by atoms with van der Waals surface area (Å²) in [5, 5.41) is 3.53. The Hall–Kier alpha value is -0.0800. The molecule has 0 aromatic carbocycles. The van der Waals surface area contributed by atoms with Crippen molar-refractivity contribution in [1.82, 2.24) is 5.32 Å². The third-order valence-electron chi connectivity index (χ3n) is 3.49. The normalized spacial score (nSPS) is 11.1. The van der Waals surface area contributed by atoms with Crippen LogP contribution >= 0.6 is 0 Å². The van der Waals surface area contributed by atoms with Crippen molar-refractivity contribution in [2.45, 2.75) is 84.5 Å². The van der Waals surface area contributed by atoms with Gasteiger partial charge in [0.2, 0.25) is 0 Å². The van der Waals surface area contributed by atoms with Crippen molar-refractivity contribution in [3.63, 3.8) is 0 Å². The lowest BCUT2D eigenvalue weighted by molar-refractivity contribution is 0.126. The molecule has 0 rings (SSSR count). The fraction of sp³-hybridized carbons (Fsp3) is 1.00. The fourth-order valence-electron chi connectivity index (χ4n) is 2.17. The highest BCUT2D eigenvalue weighted by Gasteiger charge is 1.92. The van der Waals surface area contributed by atoms with Gasteiger partial charge in [0, 0.05) is 13.2 Å². The van der Waals surface area contributed by atoms with Gasteiger partial charge in [-0.25, -0.2) is 0 Å². The number of rotatable bonds is 16. The lowest BCUT2D eigenvalue weighted by Crippen LogP contribution is -2.16. The van der Waals surface area contributed by atoms with Crippen molar-refractivity contribution in [2.24, 2.45) is 0 Å². The lowest BCUT2D eigenvalue weighted by Gasteiger charge is -2.05. The van der Waals surface area contributed by atoms with Crippen LogP contribution in [0.1, 0.15) is 84.5 Å². The van der Waals surface area contributed by atoms with Crippen molar-refractivity contribution >= 4 is 0 Å². The van der Waals surface area contributed by atoms with Crippen LogP contribution in [0.5, 0.6) is 0 Å². The summed E-state index contributed by atoms with van der Waals surface area (Å²) in [6.45, 7) is 8.83.